The maximum atomic E-state index is 12.2. The Morgan fingerprint density at radius 1 is 1.27 bits per heavy atom. The Morgan fingerprint density at radius 2 is 1.91 bits per heavy atom. The zero-order chi connectivity index (χ0) is 15.9. The van der Waals surface area contributed by atoms with Crippen molar-refractivity contribution < 1.29 is 19.4 Å². The SMILES string of the molecule is CCC(OC1CCCC1)C(=O)NCc1ccc(C(=O)O)cc1. The first-order valence-electron chi connectivity index (χ1n) is 7.85. The fourth-order valence-electron chi connectivity index (χ4n) is 2.67. The molecule has 2 N–H and O–H groups in total. The summed E-state index contributed by atoms with van der Waals surface area (Å²) < 4.78 is 5.87. The summed E-state index contributed by atoms with van der Waals surface area (Å²) in [5, 5.41) is 11.7. The number of carbonyl (C=O) groups excluding carboxylic acids is 1. The standard InChI is InChI=1S/C17H23NO4/c1-2-15(22-14-5-3-4-6-14)16(19)18-11-12-7-9-13(10-8-12)17(20)21/h7-10,14-15H,2-6,11H2,1H3,(H,18,19)(H,20,21). The quantitative estimate of drug-likeness (QED) is 0.812. The van der Waals surface area contributed by atoms with Crippen LogP contribution in [0.2, 0.25) is 0 Å². The molecule has 1 fully saturated rings. The highest BCUT2D eigenvalue weighted by molar-refractivity contribution is 5.87. The number of carbonyl (C=O) groups is 2. The number of hydrogen-bond acceptors (Lipinski definition) is 3. The lowest BCUT2D eigenvalue weighted by Gasteiger charge is -2.20. The first kappa shape index (κ1) is 16.5. The van der Waals surface area contributed by atoms with Crippen molar-refractivity contribution >= 4 is 11.9 Å². The van der Waals surface area contributed by atoms with Crippen molar-refractivity contribution in [2.24, 2.45) is 0 Å². The van der Waals surface area contributed by atoms with Gasteiger partial charge < -0.3 is 15.2 Å². The van der Waals surface area contributed by atoms with Crippen LogP contribution in [0.1, 0.15) is 54.9 Å². The molecule has 0 saturated heterocycles. The van der Waals surface area contributed by atoms with E-state index in [0.29, 0.717) is 13.0 Å². The van der Waals surface area contributed by atoms with Gasteiger partial charge in [0.15, 0.2) is 0 Å². The second-order valence-electron chi connectivity index (χ2n) is 5.66. The normalized spacial score (nSPS) is 16.4. The summed E-state index contributed by atoms with van der Waals surface area (Å²) in [7, 11) is 0. The molecule has 0 aliphatic heterocycles. The number of aromatic carboxylic acids is 1. The van der Waals surface area contributed by atoms with E-state index in [1.54, 1.807) is 12.1 Å². The van der Waals surface area contributed by atoms with Gasteiger partial charge in [0.05, 0.1) is 11.7 Å². The van der Waals surface area contributed by atoms with Crippen LogP contribution in [0.15, 0.2) is 24.3 Å². The lowest BCUT2D eigenvalue weighted by atomic mass is 10.1. The maximum absolute atomic E-state index is 12.2. The molecule has 5 heteroatoms. The van der Waals surface area contributed by atoms with Gasteiger partial charge in [0.25, 0.3) is 0 Å². The minimum Gasteiger partial charge on any atom is -0.478 e. The van der Waals surface area contributed by atoms with Gasteiger partial charge in [0, 0.05) is 6.54 Å². The molecule has 1 aromatic rings. The van der Waals surface area contributed by atoms with Crippen molar-refractivity contribution in [1.82, 2.24) is 5.32 Å². The first-order chi connectivity index (χ1) is 10.6. The van der Waals surface area contributed by atoms with Crippen LogP contribution in [0.3, 0.4) is 0 Å². The molecule has 5 nitrogen and oxygen atoms in total. The molecule has 1 atom stereocenters. The molecular formula is C17H23NO4. The number of rotatable bonds is 7. The number of benzene rings is 1. The zero-order valence-corrected chi connectivity index (χ0v) is 12.9. The van der Waals surface area contributed by atoms with Crippen LogP contribution >= 0.6 is 0 Å². The van der Waals surface area contributed by atoms with Crippen LogP contribution in [0.25, 0.3) is 0 Å². The van der Waals surface area contributed by atoms with E-state index < -0.39 is 12.1 Å². The third-order valence-corrected chi connectivity index (χ3v) is 3.99. The van der Waals surface area contributed by atoms with E-state index in [0.717, 1.165) is 18.4 Å². The van der Waals surface area contributed by atoms with Crippen molar-refractivity contribution in [3.63, 3.8) is 0 Å². The molecule has 1 aliphatic carbocycles. The molecule has 0 spiro atoms. The maximum Gasteiger partial charge on any atom is 0.335 e. The summed E-state index contributed by atoms with van der Waals surface area (Å²) in [6.45, 7) is 2.32. The Morgan fingerprint density at radius 3 is 2.45 bits per heavy atom. The van der Waals surface area contributed by atoms with Gasteiger partial charge in [-0.3, -0.25) is 4.79 Å². The highest BCUT2D eigenvalue weighted by Crippen LogP contribution is 2.23. The minimum atomic E-state index is -0.952. The van der Waals surface area contributed by atoms with Crippen molar-refractivity contribution in [1.29, 1.82) is 0 Å². The van der Waals surface area contributed by atoms with Crippen molar-refractivity contribution in [3.8, 4) is 0 Å². The van der Waals surface area contributed by atoms with E-state index >= 15 is 0 Å². The molecule has 0 aromatic heterocycles. The molecule has 2 rings (SSSR count). The van der Waals surface area contributed by atoms with Gasteiger partial charge in [-0.25, -0.2) is 4.79 Å². The predicted octanol–water partition coefficient (Wildman–Crippen LogP) is 2.74. The highest BCUT2D eigenvalue weighted by Gasteiger charge is 2.24. The Kier molecular flexibility index (Phi) is 5.95. The van der Waals surface area contributed by atoms with Crippen LogP contribution in [0.4, 0.5) is 0 Å². The Balaban J connectivity index is 1.83. The van der Waals surface area contributed by atoms with E-state index in [9.17, 15) is 9.59 Å². The van der Waals surface area contributed by atoms with Gasteiger partial charge in [-0.05, 0) is 37.0 Å². The number of carboxylic acids is 1. The minimum absolute atomic E-state index is 0.100. The van der Waals surface area contributed by atoms with E-state index in [2.05, 4.69) is 5.32 Å². The molecule has 1 saturated carbocycles. The Bertz CT molecular complexity index is 506. The second kappa shape index (κ2) is 7.94. The fourth-order valence-corrected chi connectivity index (χ4v) is 2.67. The molecule has 0 bridgehead atoms. The average molecular weight is 305 g/mol. The summed E-state index contributed by atoms with van der Waals surface area (Å²) in [5.41, 5.74) is 1.11. The van der Waals surface area contributed by atoms with Gasteiger partial charge in [0.2, 0.25) is 5.91 Å². The zero-order valence-electron chi connectivity index (χ0n) is 12.9. The predicted molar refractivity (Wildman–Crippen MR) is 82.7 cm³/mol. The van der Waals surface area contributed by atoms with Crippen molar-refractivity contribution in [2.75, 3.05) is 0 Å². The summed E-state index contributed by atoms with van der Waals surface area (Å²) in [5.74, 6) is -1.05. The first-order valence-corrected chi connectivity index (χ1v) is 7.85. The Labute approximate surface area is 130 Å². The molecule has 120 valence electrons. The number of nitrogens with one attached hydrogen (secondary N) is 1. The van der Waals surface area contributed by atoms with Crippen LogP contribution in [0.5, 0.6) is 0 Å². The van der Waals surface area contributed by atoms with Crippen LogP contribution < -0.4 is 5.32 Å². The molecule has 22 heavy (non-hydrogen) atoms. The second-order valence-corrected chi connectivity index (χ2v) is 5.66. The fraction of sp³-hybridized carbons (Fsp3) is 0.529. The summed E-state index contributed by atoms with van der Waals surface area (Å²) in [6.07, 6.45) is 4.91. The Hall–Kier alpha value is -1.88. The number of hydrogen-bond donors (Lipinski definition) is 2. The van der Waals surface area contributed by atoms with Crippen molar-refractivity contribution in [2.45, 2.75) is 57.8 Å². The largest absolute Gasteiger partial charge is 0.478 e. The number of carboxylic acid groups (broad SMARTS) is 1. The molecule has 0 heterocycles. The third kappa shape index (κ3) is 4.56. The van der Waals surface area contributed by atoms with Crippen LogP contribution in [-0.2, 0) is 16.1 Å². The summed E-state index contributed by atoms with van der Waals surface area (Å²) in [4.78, 5) is 23.0. The number of amides is 1. The van der Waals surface area contributed by atoms with Crippen LogP contribution in [-0.4, -0.2) is 29.2 Å². The third-order valence-electron chi connectivity index (χ3n) is 3.99. The topological polar surface area (TPSA) is 75.6 Å². The summed E-state index contributed by atoms with van der Waals surface area (Å²) in [6, 6.07) is 6.50. The molecule has 0 radical (unpaired) electrons. The van der Waals surface area contributed by atoms with E-state index in [1.165, 1.54) is 25.0 Å². The van der Waals surface area contributed by atoms with Gasteiger partial charge in [-0.1, -0.05) is 31.9 Å². The number of ether oxygens (including phenoxy) is 1. The van der Waals surface area contributed by atoms with Crippen LogP contribution in [0, 0.1) is 0 Å². The lowest BCUT2D eigenvalue weighted by Crippen LogP contribution is -2.37. The lowest BCUT2D eigenvalue weighted by molar-refractivity contribution is -0.136. The molecular weight excluding hydrogens is 282 g/mol. The molecule has 1 amide bonds. The van der Waals surface area contributed by atoms with Gasteiger partial charge in [-0.15, -0.1) is 0 Å². The van der Waals surface area contributed by atoms with Gasteiger partial charge in [-0.2, -0.15) is 0 Å². The van der Waals surface area contributed by atoms with E-state index in [1.807, 2.05) is 6.92 Å². The smallest absolute Gasteiger partial charge is 0.335 e. The monoisotopic (exact) mass is 305 g/mol. The van der Waals surface area contributed by atoms with Gasteiger partial charge >= 0.3 is 5.97 Å². The molecule has 1 unspecified atom stereocenters. The van der Waals surface area contributed by atoms with Gasteiger partial charge in [0.1, 0.15) is 6.10 Å². The average Bonchev–Trinajstić information content (AvgIpc) is 3.03. The van der Waals surface area contributed by atoms with E-state index in [4.69, 9.17) is 9.84 Å². The molecule has 1 aliphatic rings. The highest BCUT2D eigenvalue weighted by atomic mass is 16.5. The van der Waals surface area contributed by atoms with E-state index in [-0.39, 0.29) is 17.6 Å². The van der Waals surface area contributed by atoms with Crippen molar-refractivity contribution in [3.05, 3.63) is 35.4 Å². The summed E-state index contributed by atoms with van der Waals surface area (Å²) >= 11 is 0. The molecule has 1 aromatic carbocycles.